The molecule has 2 unspecified atom stereocenters. The molecule has 2 N–H and O–H groups in total. The van der Waals surface area contributed by atoms with Gasteiger partial charge >= 0.3 is 0 Å². The summed E-state index contributed by atoms with van der Waals surface area (Å²) in [6.45, 7) is 6.34. The van der Waals surface area contributed by atoms with Crippen LogP contribution in [0.15, 0.2) is 22.7 Å². The van der Waals surface area contributed by atoms with E-state index in [1.54, 1.807) is 0 Å². The van der Waals surface area contributed by atoms with E-state index in [1.165, 1.54) is 5.56 Å². The van der Waals surface area contributed by atoms with E-state index in [2.05, 4.69) is 47.8 Å². The first kappa shape index (κ1) is 15.8. The highest BCUT2D eigenvalue weighted by atomic mass is 79.9. The van der Waals surface area contributed by atoms with Gasteiger partial charge in [-0.15, -0.1) is 0 Å². The largest absolute Gasteiger partial charge is 0.488 e. The van der Waals surface area contributed by atoms with Crippen molar-refractivity contribution in [3.63, 3.8) is 0 Å². The maximum Gasteiger partial charge on any atom is 0.123 e. The van der Waals surface area contributed by atoms with E-state index in [9.17, 15) is 0 Å². The van der Waals surface area contributed by atoms with E-state index in [-0.39, 0.29) is 12.1 Å². The molecule has 1 aliphatic rings. The lowest BCUT2D eigenvalue weighted by Gasteiger charge is -2.23. The summed E-state index contributed by atoms with van der Waals surface area (Å²) < 4.78 is 7.12. The summed E-state index contributed by atoms with van der Waals surface area (Å²) >= 11 is 3.51. The van der Waals surface area contributed by atoms with E-state index in [0.717, 1.165) is 36.2 Å². The first-order valence-corrected chi connectivity index (χ1v) is 8.14. The molecule has 0 saturated carbocycles. The van der Waals surface area contributed by atoms with Crippen molar-refractivity contribution in [2.45, 2.75) is 38.8 Å². The molecule has 1 aliphatic heterocycles. The Morgan fingerprint density at radius 3 is 2.90 bits per heavy atom. The summed E-state index contributed by atoms with van der Waals surface area (Å²) in [5, 5.41) is 0. The number of ether oxygens (including phenoxy) is 1. The molecule has 20 heavy (non-hydrogen) atoms. The third kappa shape index (κ3) is 4.21. The predicted molar refractivity (Wildman–Crippen MR) is 87.2 cm³/mol. The minimum atomic E-state index is 0.263. The Balaban J connectivity index is 1.78. The average Bonchev–Trinajstić information content (AvgIpc) is 2.76. The molecular weight excluding hydrogens is 316 g/mol. The molecule has 0 fully saturated rings. The Bertz CT molecular complexity index is 450. The van der Waals surface area contributed by atoms with Crippen LogP contribution in [0.5, 0.6) is 5.75 Å². The van der Waals surface area contributed by atoms with Crippen LogP contribution in [0.25, 0.3) is 0 Å². The van der Waals surface area contributed by atoms with Crippen molar-refractivity contribution in [1.82, 2.24) is 4.90 Å². The molecule has 1 aromatic rings. The van der Waals surface area contributed by atoms with Gasteiger partial charge in [0.25, 0.3) is 0 Å². The number of fused-ring (bicyclic) bond motifs is 1. The summed E-state index contributed by atoms with van der Waals surface area (Å²) in [6.07, 6.45) is 2.30. The van der Waals surface area contributed by atoms with Gasteiger partial charge in [-0.2, -0.15) is 0 Å². The Labute approximate surface area is 130 Å². The summed E-state index contributed by atoms with van der Waals surface area (Å²) in [5.74, 6) is 1.58. The summed E-state index contributed by atoms with van der Waals surface area (Å²) in [4.78, 5) is 2.33. The normalized spacial score (nSPS) is 19.2. The van der Waals surface area contributed by atoms with Crippen molar-refractivity contribution in [3.05, 3.63) is 28.2 Å². The molecule has 1 heterocycles. The molecule has 0 radical (unpaired) electrons. The highest BCUT2D eigenvalue weighted by molar-refractivity contribution is 9.10. The molecule has 2 atom stereocenters. The second-order valence-electron chi connectivity index (χ2n) is 6.15. The van der Waals surface area contributed by atoms with Crippen LogP contribution in [-0.2, 0) is 6.42 Å². The van der Waals surface area contributed by atoms with Crippen LogP contribution in [-0.4, -0.2) is 37.2 Å². The molecule has 4 heteroatoms. The van der Waals surface area contributed by atoms with Crippen molar-refractivity contribution in [1.29, 1.82) is 0 Å². The fourth-order valence-electron chi connectivity index (χ4n) is 2.53. The van der Waals surface area contributed by atoms with Gasteiger partial charge in [0.15, 0.2) is 0 Å². The van der Waals surface area contributed by atoms with Crippen molar-refractivity contribution < 1.29 is 4.74 Å². The lowest BCUT2D eigenvalue weighted by Crippen LogP contribution is -2.36. The fourth-order valence-corrected chi connectivity index (χ4v) is 2.94. The zero-order valence-corrected chi connectivity index (χ0v) is 14.2. The number of nitrogens with two attached hydrogens (primary N) is 1. The molecule has 112 valence electrons. The fraction of sp³-hybridized carbons (Fsp3) is 0.625. The van der Waals surface area contributed by atoms with Gasteiger partial charge in [0.1, 0.15) is 11.9 Å². The molecule has 0 aromatic heterocycles. The molecule has 0 saturated heterocycles. The van der Waals surface area contributed by atoms with Gasteiger partial charge in [-0.3, -0.25) is 0 Å². The number of hydrogen-bond acceptors (Lipinski definition) is 3. The molecule has 2 rings (SSSR count). The lowest BCUT2D eigenvalue weighted by molar-refractivity contribution is 0.164. The highest BCUT2D eigenvalue weighted by Crippen LogP contribution is 2.31. The molecular formula is C16H25BrN2O. The average molecular weight is 341 g/mol. The monoisotopic (exact) mass is 340 g/mol. The van der Waals surface area contributed by atoms with Crippen molar-refractivity contribution in [2.24, 2.45) is 11.7 Å². The molecule has 0 aliphatic carbocycles. The van der Waals surface area contributed by atoms with Gasteiger partial charge in [-0.25, -0.2) is 0 Å². The van der Waals surface area contributed by atoms with Gasteiger partial charge in [0.05, 0.1) is 0 Å². The van der Waals surface area contributed by atoms with Gasteiger partial charge in [0.2, 0.25) is 0 Å². The van der Waals surface area contributed by atoms with E-state index >= 15 is 0 Å². The van der Waals surface area contributed by atoms with Crippen LogP contribution >= 0.6 is 15.9 Å². The number of benzene rings is 1. The highest BCUT2D eigenvalue weighted by Gasteiger charge is 2.24. The topological polar surface area (TPSA) is 38.5 Å². The van der Waals surface area contributed by atoms with Gasteiger partial charge in [-0.05, 0) is 49.7 Å². The van der Waals surface area contributed by atoms with E-state index in [1.807, 2.05) is 12.1 Å². The zero-order valence-electron chi connectivity index (χ0n) is 12.6. The smallest absolute Gasteiger partial charge is 0.123 e. The van der Waals surface area contributed by atoms with Crippen molar-refractivity contribution >= 4 is 15.9 Å². The first-order chi connectivity index (χ1) is 9.45. The molecule has 3 nitrogen and oxygen atoms in total. The van der Waals surface area contributed by atoms with Crippen LogP contribution in [0.3, 0.4) is 0 Å². The second kappa shape index (κ2) is 6.92. The Morgan fingerprint density at radius 1 is 1.45 bits per heavy atom. The van der Waals surface area contributed by atoms with Crippen molar-refractivity contribution in [2.75, 3.05) is 20.1 Å². The quantitative estimate of drug-likeness (QED) is 0.864. The standard InChI is InChI=1S/C16H25BrN2O/c1-11(2)15(18)6-7-19(3)10-14-9-12-8-13(17)4-5-16(12)20-14/h4-5,8,11,14-15H,6-7,9-10,18H2,1-3H3. The molecule has 0 spiro atoms. The molecule has 1 aromatic carbocycles. The predicted octanol–water partition coefficient (Wildman–Crippen LogP) is 3.06. The second-order valence-corrected chi connectivity index (χ2v) is 7.07. The lowest BCUT2D eigenvalue weighted by atomic mass is 10.0. The van der Waals surface area contributed by atoms with Crippen LogP contribution < -0.4 is 10.5 Å². The zero-order chi connectivity index (χ0) is 14.7. The number of nitrogens with zero attached hydrogens (tertiary/aromatic N) is 1. The summed E-state index contributed by atoms with van der Waals surface area (Å²) in [7, 11) is 2.15. The number of likely N-dealkylation sites (N-methyl/N-ethyl adjacent to an activating group) is 1. The van der Waals surface area contributed by atoms with Crippen molar-refractivity contribution in [3.8, 4) is 5.75 Å². The Hall–Kier alpha value is -0.580. The maximum absolute atomic E-state index is 6.10. The Morgan fingerprint density at radius 2 is 2.20 bits per heavy atom. The van der Waals surface area contributed by atoms with Gasteiger partial charge in [-0.1, -0.05) is 29.8 Å². The minimum absolute atomic E-state index is 0.263. The SMILES string of the molecule is CC(C)C(N)CCN(C)CC1Cc2cc(Br)ccc2O1. The van der Waals surface area contributed by atoms with Crippen LogP contribution in [0.4, 0.5) is 0 Å². The molecule has 0 bridgehead atoms. The van der Waals surface area contributed by atoms with Crippen LogP contribution in [0.2, 0.25) is 0 Å². The van der Waals surface area contributed by atoms with Gasteiger partial charge < -0.3 is 15.4 Å². The minimum Gasteiger partial charge on any atom is -0.488 e. The van der Waals surface area contributed by atoms with E-state index < -0.39 is 0 Å². The van der Waals surface area contributed by atoms with Gasteiger partial charge in [0, 0.05) is 23.5 Å². The first-order valence-electron chi connectivity index (χ1n) is 7.35. The van der Waals surface area contributed by atoms with E-state index in [0.29, 0.717) is 5.92 Å². The summed E-state index contributed by atoms with van der Waals surface area (Å²) in [6, 6.07) is 6.53. The summed E-state index contributed by atoms with van der Waals surface area (Å²) in [5.41, 5.74) is 7.40. The van der Waals surface area contributed by atoms with E-state index in [4.69, 9.17) is 10.5 Å². The third-order valence-corrected chi connectivity index (χ3v) is 4.47. The van der Waals surface area contributed by atoms with Crippen LogP contribution in [0, 0.1) is 5.92 Å². The molecule has 0 amide bonds. The number of hydrogen-bond donors (Lipinski definition) is 1. The van der Waals surface area contributed by atoms with Crippen LogP contribution in [0.1, 0.15) is 25.8 Å². The Kier molecular flexibility index (Phi) is 5.47. The third-order valence-electron chi connectivity index (χ3n) is 3.98. The maximum atomic E-state index is 6.10. The number of rotatable bonds is 6. The number of halogens is 1.